The highest BCUT2D eigenvalue weighted by Crippen LogP contribution is 2.48. The molecule has 26 heteroatoms. The summed E-state index contributed by atoms with van der Waals surface area (Å²) < 4.78 is 124. The van der Waals surface area contributed by atoms with Gasteiger partial charge in [0, 0.05) is 71.7 Å². The third kappa shape index (κ3) is 12.1. The van der Waals surface area contributed by atoms with E-state index in [1.54, 1.807) is 104 Å². The molecule has 0 aliphatic rings. The number of fused-ring (bicyclic) bond motifs is 4. The van der Waals surface area contributed by atoms with Crippen LogP contribution in [-0.2, 0) is 30.4 Å². The fourth-order valence-electron chi connectivity index (χ4n) is 8.31. The number of thiol groups is 2. The van der Waals surface area contributed by atoms with E-state index in [2.05, 4.69) is 61.3 Å². The third-order valence-electron chi connectivity index (χ3n) is 12.0. The fourth-order valence-corrected chi connectivity index (χ4v) is 10.4. The number of nitrogens with zero attached hydrogens (tertiary/aromatic N) is 6. The number of phenolic OH excluding ortho intramolecular Hbond substituents is 1. The number of phenols is 1. The van der Waals surface area contributed by atoms with Crippen LogP contribution < -0.4 is 24.3 Å². The van der Waals surface area contributed by atoms with Crippen LogP contribution in [0.25, 0.3) is 43.1 Å². The standard InChI is InChI=1S/C52H43N7O14S5/c1-70-33-10-7-30(8-11-33)53-31-9-14-37-29(19-31)21-48(78(67,68)69)51(52(37)60)59-58-50-39-16-13-35(75)24-42(39)44(27-47(50)72-3)56-57-49-38-15-12-34(74)23-41(38)43(26-46(49)71-2)55-54-32-6-5-28-20-36(77(64,65)66)25-45(40(28)22-32)73-17-4-18-76(61,62)63/h5-16,19-27,53,60,74-75H,4,17-18H2,1-3H3,(H,61,62,63)(H,64,65,66)(H,67,68,69). The lowest BCUT2D eigenvalue weighted by Gasteiger charge is -2.13. The van der Waals surface area contributed by atoms with E-state index in [1.165, 1.54) is 38.5 Å². The summed E-state index contributed by atoms with van der Waals surface area (Å²) in [6, 6.07) is 33.5. The molecule has 9 aromatic rings. The van der Waals surface area contributed by atoms with Crippen molar-refractivity contribution in [2.45, 2.75) is 26.0 Å². The van der Waals surface area contributed by atoms with Gasteiger partial charge in [0.25, 0.3) is 30.4 Å². The second kappa shape index (κ2) is 22.2. The van der Waals surface area contributed by atoms with Gasteiger partial charge in [-0.05, 0) is 108 Å². The number of hydrogen-bond acceptors (Lipinski definition) is 20. The van der Waals surface area contributed by atoms with E-state index in [1.807, 2.05) is 0 Å². The molecule has 9 rings (SSSR count). The molecule has 0 unspecified atom stereocenters. The summed E-state index contributed by atoms with van der Waals surface area (Å²) in [5.41, 5.74) is 2.01. The van der Waals surface area contributed by atoms with Crippen LogP contribution in [0.2, 0.25) is 0 Å². The first-order valence-corrected chi connectivity index (χ1v) is 28.2. The van der Waals surface area contributed by atoms with Crippen molar-refractivity contribution in [3.63, 3.8) is 0 Å². The zero-order valence-corrected chi connectivity index (χ0v) is 45.2. The topological polar surface area (TPSA) is 306 Å². The van der Waals surface area contributed by atoms with Crippen LogP contribution in [0.4, 0.5) is 45.5 Å². The van der Waals surface area contributed by atoms with Crippen molar-refractivity contribution in [3.05, 3.63) is 127 Å². The molecular weight excluding hydrogens is 1110 g/mol. The molecule has 21 nitrogen and oxygen atoms in total. The largest absolute Gasteiger partial charge is 0.505 e. The van der Waals surface area contributed by atoms with Crippen LogP contribution in [0.5, 0.6) is 28.7 Å². The molecule has 0 aliphatic heterocycles. The number of anilines is 2. The van der Waals surface area contributed by atoms with Crippen molar-refractivity contribution in [1.29, 1.82) is 0 Å². The Bertz CT molecular complexity index is 4340. The SMILES string of the molecule is COc1ccc(Nc2ccc3c(O)c(N=Nc4c(OC)cc(N=Nc5c(OC)cc(N=Nc6ccc7cc(S(=O)(=O)O)cc(OCCCS(=O)(=O)O)c7c6)c6cc(S)ccc56)c5cc(S)ccc45)c(S(=O)(=O)O)cc3c2)cc1. The molecule has 0 aliphatic carbocycles. The summed E-state index contributed by atoms with van der Waals surface area (Å²) in [6.45, 7) is -0.218. The lowest BCUT2D eigenvalue weighted by molar-refractivity contribution is 0.319. The van der Waals surface area contributed by atoms with Gasteiger partial charge in [-0.2, -0.15) is 30.4 Å². The molecule has 0 atom stereocenters. The Kier molecular flexibility index (Phi) is 15.6. The van der Waals surface area contributed by atoms with Gasteiger partial charge in [0.05, 0.1) is 55.6 Å². The Morgan fingerprint density at radius 2 is 1.08 bits per heavy atom. The van der Waals surface area contributed by atoms with Gasteiger partial charge >= 0.3 is 0 Å². The molecule has 78 heavy (non-hydrogen) atoms. The quantitative estimate of drug-likeness (QED) is 0.0182. The monoisotopic (exact) mass is 1150 g/mol. The van der Waals surface area contributed by atoms with Crippen molar-refractivity contribution >= 4 is 144 Å². The summed E-state index contributed by atoms with van der Waals surface area (Å²) in [7, 11) is -9.58. The molecule has 0 fully saturated rings. The summed E-state index contributed by atoms with van der Waals surface area (Å²) in [5, 5.41) is 44.9. The van der Waals surface area contributed by atoms with E-state index in [9.17, 15) is 39.5 Å². The second-order valence-corrected chi connectivity index (χ2v) is 22.5. The fraction of sp³-hybridized carbons (Fsp3) is 0.115. The van der Waals surface area contributed by atoms with Gasteiger partial charge in [0.1, 0.15) is 45.0 Å². The van der Waals surface area contributed by atoms with Crippen LogP contribution >= 0.6 is 25.3 Å². The number of nitrogens with one attached hydrogen (secondary N) is 1. The van der Waals surface area contributed by atoms with Crippen molar-refractivity contribution in [2.24, 2.45) is 30.7 Å². The van der Waals surface area contributed by atoms with Crippen LogP contribution in [0.3, 0.4) is 0 Å². The number of benzene rings is 9. The molecule has 0 radical (unpaired) electrons. The molecule has 0 spiro atoms. The van der Waals surface area contributed by atoms with E-state index < -0.39 is 57.3 Å². The maximum Gasteiger partial charge on any atom is 0.296 e. The highest BCUT2D eigenvalue weighted by molar-refractivity contribution is 7.86. The van der Waals surface area contributed by atoms with Gasteiger partial charge in [0.15, 0.2) is 5.75 Å². The Balaban J connectivity index is 1.07. The van der Waals surface area contributed by atoms with E-state index in [0.717, 1.165) is 6.07 Å². The van der Waals surface area contributed by atoms with Crippen LogP contribution in [0.15, 0.2) is 178 Å². The van der Waals surface area contributed by atoms with Crippen molar-refractivity contribution in [1.82, 2.24) is 0 Å². The Morgan fingerprint density at radius 1 is 0.500 bits per heavy atom. The van der Waals surface area contributed by atoms with Crippen LogP contribution in [-0.4, -0.2) is 77.7 Å². The summed E-state index contributed by atoms with van der Waals surface area (Å²) >= 11 is 9.16. The first kappa shape index (κ1) is 54.8. The smallest absolute Gasteiger partial charge is 0.296 e. The Labute approximate surface area is 456 Å². The van der Waals surface area contributed by atoms with Gasteiger partial charge in [-0.25, -0.2) is 0 Å². The second-order valence-electron chi connectivity index (χ2n) is 17.1. The predicted octanol–water partition coefficient (Wildman–Crippen LogP) is 13.7. The van der Waals surface area contributed by atoms with Crippen molar-refractivity contribution < 1.29 is 63.0 Å². The molecule has 0 saturated heterocycles. The maximum atomic E-state index is 12.9. The maximum absolute atomic E-state index is 12.9. The average Bonchev–Trinajstić information content (AvgIpc) is 3.41. The highest BCUT2D eigenvalue weighted by Gasteiger charge is 2.24. The highest BCUT2D eigenvalue weighted by atomic mass is 32.2. The third-order valence-corrected chi connectivity index (χ3v) is 15.0. The molecule has 0 amide bonds. The number of methoxy groups -OCH3 is 3. The minimum Gasteiger partial charge on any atom is -0.505 e. The minimum absolute atomic E-state index is 0.00522. The molecule has 400 valence electrons. The molecule has 0 bridgehead atoms. The molecule has 0 aromatic heterocycles. The van der Waals surface area contributed by atoms with Crippen LogP contribution in [0, 0.1) is 0 Å². The number of aromatic hydroxyl groups is 1. The van der Waals surface area contributed by atoms with Crippen molar-refractivity contribution in [2.75, 3.05) is 39.0 Å². The first-order chi connectivity index (χ1) is 37.1. The number of ether oxygens (including phenoxy) is 4. The zero-order valence-electron chi connectivity index (χ0n) is 40.9. The normalized spacial score (nSPS) is 12.5. The number of hydrogen-bond donors (Lipinski definition) is 7. The first-order valence-electron chi connectivity index (χ1n) is 22.8. The van der Waals surface area contributed by atoms with E-state index >= 15 is 0 Å². The van der Waals surface area contributed by atoms with E-state index in [0.29, 0.717) is 64.9 Å². The van der Waals surface area contributed by atoms with E-state index in [-0.39, 0.29) is 63.8 Å². The summed E-state index contributed by atoms with van der Waals surface area (Å²) in [6.07, 6.45) is -0.118. The predicted molar refractivity (Wildman–Crippen MR) is 300 cm³/mol. The summed E-state index contributed by atoms with van der Waals surface area (Å²) in [4.78, 5) is -0.0659. The lowest BCUT2D eigenvalue weighted by atomic mass is 10.1. The number of rotatable bonds is 18. The number of azo groups is 3. The zero-order chi connectivity index (χ0) is 55.7. The lowest BCUT2D eigenvalue weighted by Crippen LogP contribution is -2.09. The molecule has 5 N–H and O–H groups in total. The van der Waals surface area contributed by atoms with Gasteiger partial charge < -0.3 is 29.4 Å². The van der Waals surface area contributed by atoms with Crippen LogP contribution in [0.1, 0.15) is 6.42 Å². The Hall–Kier alpha value is -7.95. The summed E-state index contributed by atoms with van der Waals surface area (Å²) in [5.74, 6) is -0.162. The van der Waals surface area contributed by atoms with Gasteiger partial charge in [-0.3, -0.25) is 13.7 Å². The Morgan fingerprint density at radius 3 is 1.65 bits per heavy atom. The minimum atomic E-state index is -4.99. The van der Waals surface area contributed by atoms with Gasteiger partial charge in [-0.1, -0.05) is 18.2 Å². The molecule has 0 saturated carbocycles. The average molecular weight is 1150 g/mol. The molecule has 0 heterocycles. The van der Waals surface area contributed by atoms with Crippen molar-refractivity contribution in [3.8, 4) is 28.7 Å². The molecule has 9 aromatic carbocycles. The molecular formula is C52H43N7O14S5. The van der Waals surface area contributed by atoms with E-state index in [4.69, 9.17) is 23.5 Å². The van der Waals surface area contributed by atoms with Gasteiger partial charge in [0.2, 0.25) is 0 Å². The van der Waals surface area contributed by atoms with Gasteiger partial charge in [-0.15, -0.1) is 50.8 Å².